The minimum absolute atomic E-state index is 0.0547. The number of benzene rings is 1. The molecule has 6 nitrogen and oxygen atoms in total. The third-order valence-corrected chi connectivity index (χ3v) is 5.80. The van der Waals surface area contributed by atoms with E-state index in [1.165, 1.54) is 24.1 Å². The van der Waals surface area contributed by atoms with Gasteiger partial charge in [0.05, 0.1) is 18.8 Å². The van der Waals surface area contributed by atoms with E-state index in [-0.39, 0.29) is 5.91 Å². The van der Waals surface area contributed by atoms with Gasteiger partial charge in [-0.15, -0.1) is 0 Å². The van der Waals surface area contributed by atoms with Gasteiger partial charge in [-0.25, -0.2) is 4.68 Å². The number of aryl methyl sites for hydroxylation is 1. The van der Waals surface area contributed by atoms with E-state index in [1.54, 1.807) is 6.20 Å². The molecule has 6 heteroatoms. The number of hydrogen-bond acceptors (Lipinski definition) is 4. The first-order valence-electron chi connectivity index (χ1n) is 10.1. The Kier molecular flexibility index (Phi) is 5.43. The minimum Gasteiger partial charge on any atom is -0.369 e. The SMILES string of the molecule is Cc1ccccc1N1CCN(CC(=O)Nc2ccnn2C2CCCC2)CC1. The van der Waals surface area contributed by atoms with Crippen LogP contribution in [0, 0.1) is 6.92 Å². The summed E-state index contributed by atoms with van der Waals surface area (Å²) >= 11 is 0. The van der Waals surface area contributed by atoms with Gasteiger partial charge in [-0.05, 0) is 31.4 Å². The summed E-state index contributed by atoms with van der Waals surface area (Å²) < 4.78 is 2.00. The van der Waals surface area contributed by atoms with Gasteiger partial charge in [0.25, 0.3) is 0 Å². The van der Waals surface area contributed by atoms with Gasteiger partial charge in [-0.3, -0.25) is 9.69 Å². The summed E-state index contributed by atoms with van der Waals surface area (Å²) in [4.78, 5) is 17.2. The van der Waals surface area contributed by atoms with Gasteiger partial charge >= 0.3 is 0 Å². The first-order chi connectivity index (χ1) is 13.2. The molecule has 0 unspecified atom stereocenters. The zero-order valence-electron chi connectivity index (χ0n) is 16.1. The largest absolute Gasteiger partial charge is 0.369 e. The van der Waals surface area contributed by atoms with Crippen molar-refractivity contribution in [3.05, 3.63) is 42.1 Å². The molecule has 2 heterocycles. The van der Waals surface area contributed by atoms with Crippen LogP contribution in [0.1, 0.15) is 37.3 Å². The van der Waals surface area contributed by atoms with E-state index in [2.05, 4.69) is 51.4 Å². The van der Waals surface area contributed by atoms with Crippen LogP contribution < -0.4 is 10.2 Å². The van der Waals surface area contributed by atoms with Crippen molar-refractivity contribution < 1.29 is 4.79 Å². The molecule has 4 rings (SSSR count). The lowest BCUT2D eigenvalue weighted by Gasteiger charge is -2.36. The Morgan fingerprint density at radius 2 is 1.85 bits per heavy atom. The monoisotopic (exact) mass is 367 g/mol. The van der Waals surface area contributed by atoms with Crippen LogP contribution in [0.2, 0.25) is 0 Å². The summed E-state index contributed by atoms with van der Waals surface area (Å²) in [7, 11) is 0. The van der Waals surface area contributed by atoms with E-state index in [4.69, 9.17) is 0 Å². The van der Waals surface area contributed by atoms with Gasteiger partial charge in [0.15, 0.2) is 0 Å². The summed E-state index contributed by atoms with van der Waals surface area (Å²) in [5.41, 5.74) is 2.62. The standard InChI is InChI=1S/C21H29N5O/c1-17-6-2-5-9-19(17)25-14-12-24(13-15-25)16-21(27)23-20-10-11-22-26(20)18-7-3-4-8-18/h2,5-6,9-11,18H,3-4,7-8,12-16H2,1H3,(H,23,27). The summed E-state index contributed by atoms with van der Waals surface area (Å²) in [6.45, 7) is 6.32. The molecule has 0 atom stereocenters. The van der Waals surface area contributed by atoms with Crippen molar-refractivity contribution in [2.45, 2.75) is 38.6 Å². The molecule has 0 bridgehead atoms. The van der Waals surface area contributed by atoms with Crippen molar-refractivity contribution in [1.29, 1.82) is 0 Å². The second kappa shape index (κ2) is 8.13. The fraction of sp³-hybridized carbons (Fsp3) is 0.524. The predicted molar refractivity (Wildman–Crippen MR) is 108 cm³/mol. The van der Waals surface area contributed by atoms with Crippen LogP contribution >= 0.6 is 0 Å². The predicted octanol–water partition coefficient (Wildman–Crippen LogP) is 3.07. The molecule has 1 aromatic heterocycles. The van der Waals surface area contributed by atoms with Crippen molar-refractivity contribution in [1.82, 2.24) is 14.7 Å². The molecule has 2 aliphatic rings. The zero-order valence-corrected chi connectivity index (χ0v) is 16.1. The average Bonchev–Trinajstić information content (AvgIpc) is 3.34. The van der Waals surface area contributed by atoms with E-state index < -0.39 is 0 Å². The lowest BCUT2D eigenvalue weighted by Crippen LogP contribution is -2.48. The topological polar surface area (TPSA) is 53.4 Å². The second-order valence-corrected chi connectivity index (χ2v) is 7.70. The molecule has 1 N–H and O–H groups in total. The van der Waals surface area contributed by atoms with E-state index in [9.17, 15) is 4.79 Å². The van der Waals surface area contributed by atoms with Gasteiger partial charge in [0.1, 0.15) is 5.82 Å². The van der Waals surface area contributed by atoms with E-state index in [0.717, 1.165) is 44.8 Å². The fourth-order valence-electron chi connectivity index (χ4n) is 4.30. The van der Waals surface area contributed by atoms with Crippen LogP contribution in [0.15, 0.2) is 36.5 Å². The Labute approximate surface area is 161 Å². The summed E-state index contributed by atoms with van der Waals surface area (Å²) in [6.07, 6.45) is 6.61. The summed E-state index contributed by atoms with van der Waals surface area (Å²) in [5, 5.41) is 7.50. The van der Waals surface area contributed by atoms with E-state index in [0.29, 0.717) is 12.6 Å². The first kappa shape index (κ1) is 18.0. The zero-order chi connectivity index (χ0) is 18.6. The van der Waals surface area contributed by atoms with Crippen LogP contribution in [0.5, 0.6) is 0 Å². The number of amides is 1. The molecule has 144 valence electrons. The maximum Gasteiger partial charge on any atom is 0.239 e. The molecule has 1 aliphatic carbocycles. The lowest BCUT2D eigenvalue weighted by atomic mass is 10.1. The highest BCUT2D eigenvalue weighted by molar-refractivity contribution is 5.91. The third kappa shape index (κ3) is 4.16. The number of piperazine rings is 1. The van der Waals surface area contributed by atoms with Gasteiger partial charge in [-0.2, -0.15) is 5.10 Å². The fourth-order valence-corrected chi connectivity index (χ4v) is 4.30. The number of aromatic nitrogens is 2. The Morgan fingerprint density at radius 3 is 2.59 bits per heavy atom. The summed E-state index contributed by atoms with van der Waals surface area (Å²) in [6, 6.07) is 10.9. The van der Waals surface area contributed by atoms with Crippen LogP contribution in [0.3, 0.4) is 0 Å². The molecule has 27 heavy (non-hydrogen) atoms. The van der Waals surface area contributed by atoms with Crippen LogP contribution in [-0.2, 0) is 4.79 Å². The highest BCUT2D eigenvalue weighted by atomic mass is 16.2. The molecule has 1 saturated carbocycles. The van der Waals surface area contributed by atoms with Gasteiger partial charge < -0.3 is 10.2 Å². The lowest BCUT2D eigenvalue weighted by molar-refractivity contribution is -0.117. The van der Waals surface area contributed by atoms with Crippen LogP contribution in [0.4, 0.5) is 11.5 Å². The quantitative estimate of drug-likeness (QED) is 0.882. The molecular formula is C21H29N5O. The van der Waals surface area contributed by atoms with Crippen molar-refractivity contribution in [3.8, 4) is 0 Å². The number of nitrogens with zero attached hydrogens (tertiary/aromatic N) is 4. The van der Waals surface area contributed by atoms with Crippen molar-refractivity contribution in [3.63, 3.8) is 0 Å². The third-order valence-electron chi connectivity index (χ3n) is 5.80. The Hall–Kier alpha value is -2.34. The number of anilines is 2. The Balaban J connectivity index is 1.29. The number of hydrogen-bond donors (Lipinski definition) is 1. The molecule has 1 aromatic carbocycles. The Morgan fingerprint density at radius 1 is 1.11 bits per heavy atom. The Bertz CT molecular complexity index is 772. The molecule has 2 aromatic rings. The molecule has 0 spiro atoms. The maximum absolute atomic E-state index is 12.5. The number of nitrogens with one attached hydrogen (secondary N) is 1. The number of carbonyl (C=O) groups is 1. The summed E-state index contributed by atoms with van der Waals surface area (Å²) in [5.74, 6) is 0.893. The van der Waals surface area contributed by atoms with E-state index >= 15 is 0 Å². The van der Waals surface area contributed by atoms with Gasteiger partial charge in [0, 0.05) is 37.9 Å². The maximum atomic E-state index is 12.5. The van der Waals surface area contributed by atoms with Crippen molar-refractivity contribution in [2.24, 2.45) is 0 Å². The van der Waals surface area contributed by atoms with E-state index in [1.807, 2.05) is 10.7 Å². The number of carbonyl (C=O) groups excluding carboxylic acids is 1. The number of para-hydroxylation sites is 1. The van der Waals surface area contributed by atoms with Crippen molar-refractivity contribution in [2.75, 3.05) is 42.9 Å². The molecule has 2 fully saturated rings. The van der Waals surface area contributed by atoms with Crippen molar-refractivity contribution >= 4 is 17.4 Å². The normalized spacial score (nSPS) is 18.8. The highest BCUT2D eigenvalue weighted by Crippen LogP contribution is 2.31. The molecule has 0 radical (unpaired) electrons. The van der Waals surface area contributed by atoms with Gasteiger partial charge in [-0.1, -0.05) is 31.0 Å². The average molecular weight is 367 g/mol. The van der Waals surface area contributed by atoms with Crippen LogP contribution in [-0.4, -0.2) is 53.3 Å². The second-order valence-electron chi connectivity index (χ2n) is 7.70. The van der Waals surface area contributed by atoms with Gasteiger partial charge in [0.2, 0.25) is 5.91 Å². The highest BCUT2D eigenvalue weighted by Gasteiger charge is 2.23. The molecule has 1 aliphatic heterocycles. The van der Waals surface area contributed by atoms with Crippen LogP contribution in [0.25, 0.3) is 0 Å². The minimum atomic E-state index is 0.0547. The number of rotatable bonds is 5. The molecule has 1 saturated heterocycles. The molecular weight excluding hydrogens is 338 g/mol. The smallest absolute Gasteiger partial charge is 0.239 e. The molecule has 1 amide bonds. The first-order valence-corrected chi connectivity index (χ1v) is 10.1.